The van der Waals surface area contributed by atoms with Gasteiger partial charge in [-0.2, -0.15) is 0 Å². The highest BCUT2D eigenvalue weighted by Crippen LogP contribution is 2.33. The SMILES string of the molecule is CCOCCN1CCC(C(Nc2ccc(F)cc2)c2ccc(F)cc2)C1. The van der Waals surface area contributed by atoms with E-state index in [0.29, 0.717) is 5.92 Å². The van der Waals surface area contributed by atoms with Crippen molar-refractivity contribution in [2.45, 2.75) is 19.4 Å². The second kappa shape index (κ2) is 9.10. The van der Waals surface area contributed by atoms with Gasteiger partial charge in [-0.25, -0.2) is 8.78 Å². The quantitative estimate of drug-likeness (QED) is 0.703. The summed E-state index contributed by atoms with van der Waals surface area (Å²) in [6.07, 6.45) is 1.06. The minimum atomic E-state index is -0.253. The third-order valence-corrected chi connectivity index (χ3v) is 4.93. The molecule has 140 valence electrons. The maximum absolute atomic E-state index is 13.3. The van der Waals surface area contributed by atoms with Crippen LogP contribution in [0.3, 0.4) is 0 Å². The van der Waals surface area contributed by atoms with Gasteiger partial charge in [0, 0.05) is 25.4 Å². The molecule has 0 aromatic heterocycles. The number of nitrogens with zero attached hydrogens (tertiary/aromatic N) is 1. The molecule has 26 heavy (non-hydrogen) atoms. The van der Waals surface area contributed by atoms with Crippen LogP contribution in [0.2, 0.25) is 0 Å². The molecule has 2 aromatic carbocycles. The summed E-state index contributed by atoms with van der Waals surface area (Å²) in [5.74, 6) is -0.0944. The molecular formula is C21H26F2N2O. The lowest BCUT2D eigenvalue weighted by Crippen LogP contribution is -2.28. The zero-order valence-electron chi connectivity index (χ0n) is 15.1. The molecule has 0 spiro atoms. The van der Waals surface area contributed by atoms with Crippen molar-refractivity contribution in [1.82, 2.24) is 4.90 Å². The molecule has 2 unspecified atom stereocenters. The lowest BCUT2D eigenvalue weighted by Gasteiger charge is -2.27. The van der Waals surface area contributed by atoms with E-state index in [1.54, 1.807) is 12.1 Å². The first-order valence-corrected chi connectivity index (χ1v) is 9.23. The molecular weight excluding hydrogens is 334 g/mol. The Bertz CT molecular complexity index is 675. The first-order chi connectivity index (χ1) is 12.7. The first kappa shape index (κ1) is 18.8. The van der Waals surface area contributed by atoms with E-state index in [0.717, 1.165) is 50.5 Å². The average Bonchev–Trinajstić information content (AvgIpc) is 3.11. The third kappa shape index (κ3) is 5.02. The van der Waals surface area contributed by atoms with Gasteiger partial charge in [-0.1, -0.05) is 12.1 Å². The fraction of sp³-hybridized carbons (Fsp3) is 0.429. The van der Waals surface area contributed by atoms with Crippen LogP contribution in [0.25, 0.3) is 0 Å². The zero-order valence-corrected chi connectivity index (χ0v) is 15.1. The van der Waals surface area contributed by atoms with Crippen molar-refractivity contribution >= 4 is 5.69 Å². The van der Waals surface area contributed by atoms with Gasteiger partial charge in [-0.15, -0.1) is 0 Å². The number of halogens is 2. The summed E-state index contributed by atoms with van der Waals surface area (Å²) in [5, 5.41) is 3.52. The monoisotopic (exact) mass is 360 g/mol. The minimum Gasteiger partial charge on any atom is -0.380 e. The minimum absolute atomic E-state index is 0.0538. The van der Waals surface area contributed by atoms with Crippen molar-refractivity contribution in [2.75, 3.05) is 38.2 Å². The van der Waals surface area contributed by atoms with Crippen molar-refractivity contribution in [1.29, 1.82) is 0 Å². The molecule has 0 aliphatic carbocycles. The Balaban J connectivity index is 1.72. The molecule has 1 aliphatic heterocycles. The third-order valence-electron chi connectivity index (χ3n) is 4.93. The highest BCUT2D eigenvalue weighted by atomic mass is 19.1. The van der Waals surface area contributed by atoms with E-state index >= 15 is 0 Å². The molecule has 1 N–H and O–H groups in total. The molecule has 0 saturated carbocycles. The molecule has 1 aliphatic rings. The number of hydrogen-bond acceptors (Lipinski definition) is 3. The molecule has 2 atom stereocenters. The van der Waals surface area contributed by atoms with E-state index in [1.165, 1.54) is 24.3 Å². The normalized spacial score (nSPS) is 18.8. The second-order valence-electron chi connectivity index (χ2n) is 6.73. The van der Waals surface area contributed by atoms with Crippen molar-refractivity contribution in [2.24, 2.45) is 5.92 Å². The van der Waals surface area contributed by atoms with E-state index in [-0.39, 0.29) is 17.7 Å². The van der Waals surface area contributed by atoms with Crippen LogP contribution in [-0.4, -0.2) is 37.7 Å². The molecule has 3 nitrogen and oxygen atoms in total. The zero-order chi connectivity index (χ0) is 18.4. The number of hydrogen-bond donors (Lipinski definition) is 1. The van der Waals surface area contributed by atoms with Crippen molar-refractivity contribution in [3.05, 3.63) is 65.7 Å². The maximum Gasteiger partial charge on any atom is 0.123 e. The number of rotatable bonds is 8. The standard InChI is InChI=1S/C21H26F2N2O/c1-2-26-14-13-25-12-11-17(15-25)21(16-3-5-18(22)6-4-16)24-20-9-7-19(23)8-10-20/h3-10,17,21,24H,2,11-15H2,1H3. The van der Waals surface area contributed by atoms with Gasteiger partial charge in [0.15, 0.2) is 0 Å². The van der Waals surface area contributed by atoms with Crippen LogP contribution in [-0.2, 0) is 4.74 Å². The lowest BCUT2D eigenvalue weighted by atomic mass is 9.92. The summed E-state index contributed by atoms with van der Waals surface area (Å²) in [6.45, 7) is 6.41. The van der Waals surface area contributed by atoms with Crippen LogP contribution in [0.4, 0.5) is 14.5 Å². The predicted molar refractivity (Wildman–Crippen MR) is 100 cm³/mol. The van der Waals surface area contributed by atoms with Gasteiger partial charge in [0.2, 0.25) is 0 Å². The predicted octanol–water partition coefficient (Wildman–Crippen LogP) is 4.48. The largest absolute Gasteiger partial charge is 0.380 e. The summed E-state index contributed by atoms with van der Waals surface area (Å²) >= 11 is 0. The molecule has 1 fully saturated rings. The summed E-state index contributed by atoms with van der Waals surface area (Å²) in [6, 6.07) is 13.1. The number of benzene rings is 2. The molecule has 0 radical (unpaired) electrons. The molecule has 1 saturated heterocycles. The Kier molecular flexibility index (Phi) is 6.58. The first-order valence-electron chi connectivity index (χ1n) is 9.23. The molecule has 3 rings (SSSR count). The number of ether oxygens (including phenoxy) is 1. The van der Waals surface area contributed by atoms with Crippen LogP contribution < -0.4 is 5.32 Å². The Morgan fingerprint density at radius 1 is 1.08 bits per heavy atom. The van der Waals surface area contributed by atoms with Gasteiger partial charge >= 0.3 is 0 Å². The van der Waals surface area contributed by atoms with E-state index in [9.17, 15) is 8.78 Å². The van der Waals surface area contributed by atoms with Crippen LogP contribution in [0.15, 0.2) is 48.5 Å². The fourth-order valence-corrected chi connectivity index (χ4v) is 3.54. The number of anilines is 1. The number of nitrogens with one attached hydrogen (secondary N) is 1. The van der Waals surface area contributed by atoms with Crippen molar-refractivity contribution in [3.8, 4) is 0 Å². The molecule has 1 heterocycles. The van der Waals surface area contributed by atoms with Gasteiger partial charge in [0.25, 0.3) is 0 Å². The fourth-order valence-electron chi connectivity index (χ4n) is 3.54. The topological polar surface area (TPSA) is 24.5 Å². The van der Waals surface area contributed by atoms with Crippen molar-refractivity contribution in [3.63, 3.8) is 0 Å². The summed E-state index contributed by atoms with van der Waals surface area (Å²) in [5.41, 5.74) is 1.92. The van der Waals surface area contributed by atoms with E-state index in [4.69, 9.17) is 4.74 Å². The van der Waals surface area contributed by atoms with Crippen LogP contribution >= 0.6 is 0 Å². The van der Waals surface area contributed by atoms with E-state index < -0.39 is 0 Å². The Hall–Kier alpha value is -1.98. The summed E-state index contributed by atoms with van der Waals surface area (Å²) in [4.78, 5) is 2.41. The van der Waals surface area contributed by atoms with Gasteiger partial charge < -0.3 is 15.0 Å². The Morgan fingerprint density at radius 2 is 1.73 bits per heavy atom. The Labute approximate surface area is 154 Å². The number of likely N-dealkylation sites (tertiary alicyclic amines) is 1. The van der Waals surface area contributed by atoms with E-state index in [1.807, 2.05) is 19.1 Å². The van der Waals surface area contributed by atoms with Crippen molar-refractivity contribution < 1.29 is 13.5 Å². The molecule has 2 aromatic rings. The highest BCUT2D eigenvalue weighted by molar-refractivity contribution is 5.46. The lowest BCUT2D eigenvalue weighted by molar-refractivity contribution is 0.120. The second-order valence-corrected chi connectivity index (χ2v) is 6.73. The van der Waals surface area contributed by atoms with Crippen LogP contribution in [0.1, 0.15) is 24.9 Å². The summed E-state index contributed by atoms with van der Waals surface area (Å²) < 4.78 is 32.0. The van der Waals surface area contributed by atoms with Crippen LogP contribution in [0.5, 0.6) is 0 Å². The average molecular weight is 360 g/mol. The maximum atomic E-state index is 13.3. The molecule has 5 heteroatoms. The van der Waals surface area contributed by atoms with Gasteiger partial charge in [-0.05, 0) is 67.8 Å². The summed E-state index contributed by atoms with van der Waals surface area (Å²) in [7, 11) is 0. The van der Waals surface area contributed by atoms with Gasteiger partial charge in [0.05, 0.1) is 12.6 Å². The van der Waals surface area contributed by atoms with Gasteiger partial charge in [-0.3, -0.25) is 0 Å². The smallest absolute Gasteiger partial charge is 0.123 e. The highest BCUT2D eigenvalue weighted by Gasteiger charge is 2.30. The van der Waals surface area contributed by atoms with E-state index in [2.05, 4.69) is 10.2 Å². The van der Waals surface area contributed by atoms with Gasteiger partial charge in [0.1, 0.15) is 11.6 Å². The molecule has 0 bridgehead atoms. The van der Waals surface area contributed by atoms with Crippen LogP contribution in [0, 0.1) is 17.6 Å². The molecule has 0 amide bonds. The Morgan fingerprint density at radius 3 is 2.38 bits per heavy atom.